The topological polar surface area (TPSA) is 37.4 Å². The molecular formula is C6H12NO2S. The zero-order chi connectivity index (χ0) is 7.40. The van der Waals surface area contributed by atoms with Crippen molar-refractivity contribution in [2.24, 2.45) is 0 Å². The number of likely N-dealkylation sites (tertiary alicyclic amines) is 1. The smallest absolute Gasteiger partial charge is 0.153 e. The Morgan fingerprint density at radius 3 is 2.40 bits per heavy atom. The summed E-state index contributed by atoms with van der Waals surface area (Å²) in [6.45, 7) is 1.81. The largest absolute Gasteiger partial charge is 0.290 e. The molecular weight excluding hydrogens is 150 g/mol. The van der Waals surface area contributed by atoms with Crippen molar-refractivity contribution in [1.82, 2.24) is 4.90 Å². The summed E-state index contributed by atoms with van der Waals surface area (Å²) in [7, 11) is -2.21. The minimum absolute atomic E-state index is 0.239. The van der Waals surface area contributed by atoms with E-state index in [9.17, 15) is 8.42 Å². The Morgan fingerprint density at radius 2 is 1.90 bits per heavy atom. The van der Waals surface area contributed by atoms with Gasteiger partial charge < -0.3 is 0 Å². The van der Waals surface area contributed by atoms with Crippen molar-refractivity contribution in [3.05, 3.63) is 6.42 Å². The molecule has 0 aromatic heterocycles. The fraction of sp³-hybridized carbons (Fsp3) is 0.833. The van der Waals surface area contributed by atoms with E-state index in [2.05, 4.69) is 6.42 Å². The predicted octanol–water partition coefficient (Wildman–Crippen LogP) is -0.145. The Hall–Kier alpha value is -0.0900. The van der Waals surface area contributed by atoms with Crippen molar-refractivity contribution in [2.45, 2.75) is 12.8 Å². The number of piperidine rings is 1. The lowest BCUT2D eigenvalue weighted by Gasteiger charge is -2.23. The first-order chi connectivity index (χ1) is 4.79. The molecule has 0 unspecified atom stereocenters. The SMILES string of the molecule is O=[SH](=O)CN1CC[CH]CC1. The maximum atomic E-state index is 10.3. The predicted molar refractivity (Wildman–Crippen MR) is 40.3 cm³/mol. The summed E-state index contributed by atoms with van der Waals surface area (Å²) in [5.74, 6) is 0.239. The molecule has 1 rings (SSSR count). The van der Waals surface area contributed by atoms with E-state index >= 15 is 0 Å². The molecule has 0 saturated carbocycles. The lowest BCUT2D eigenvalue weighted by molar-refractivity contribution is 0.293. The van der Waals surface area contributed by atoms with E-state index in [1.165, 1.54) is 0 Å². The quantitative estimate of drug-likeness (QED) is 0.574. The van der Waals surface area contributed by atoms with Crippen LogP contribution in [0.3, 0.4) is 0 Å². The Balaban J connectivity index is 2.26. The maximum absolute atomic E-state index is 10.3. The molecule has 0 N–H and O–H groups in total. The summed E-state index contributed by atoms with van der Waals surface area (Å²) in [5.41, 5.74) is 0. The molecule has 0 atom stereocenters. The molecule has 10 heavy (non-hydrogen) atoms. The summed E-state index contributed by atoms with van der Waals surface area (Å²) in [5, 5.41) is 0. The molecule has 0 aromatic rings. The van der Waals surface area contributed by atoms with Gasteiger partial charge in [-0.25, -0.2) is 8.42 Å². The summed E-state index contributed by atoms with van der Waals surface area (Å²) >= 11 is 0. The van der Waals surface area contributed by atoms with Crippen LogP contribution >= 0.6 is 0 Å². The van der Waals surface area contributed by atoms with E-state index in [0.29, 0.717) is 0 Å². The monoisotopic (exact) mass is 162 g/mol. The van der Waals surface area contributed by atoms with E-state index in [1.807, 2.05) is 4.90 Å². The van der Waals surface area contributed by atoms with Crippen LogP contribution in [0.4, 0.5) is 0 Å². The van der Waals surface area contributed by atoms with E-state index in [1.54, 1.807) is 0 Å². The molecule has 3 nitrogen and oxygen atoms in total. The third kappa shape index (κ3) is 2.66. The van der Waals surface area contributed by atoms with Gasteiger partial charge in [0.15, 0.2) is 10.7 Å². The standard InChI is InChI=1S/C6H12NO2S/c8-10(9)6-7-4-2-1-3-5-7/h1,10H,2-6H2. The Bertz CT molecular complexity index is 153. The highest BCUT2D eigenvalue weighted by Gasteiger charge is 2.09. The van der Waals surface area contributed by atoms with Gasteiger partial charge >= 0.3 is 0 Å². The van der Waals surface area contributed by atoms with Crippen LogP contribution in [-0.2, 0) is 10.7 Å². The van der Waals surface area contributed by atoms with E-state index in [-0.39, 0.29) is 5.88 Å². The van der Waals surface area contributed by atoms with Gasteiger partial charge in [-0.1, -0.05) is 0 Å². The van der Waals surface area contributed by atoms with Crippen LogP contribution in [0.25, 0.3) is 0 Å². The van der Waals surface area contributed by atoms with Gasteiger partial charge in [-0.2, -0.15) is 0 Å². The number of nitrogens with zero attached hydrogens (tertiary/aromatic N) is 1. The molecule has 4 heteroatoms. The average molecular weight is 162 g/mol. The van der Waals surface area contributed by atoms with E-state index < -0.39 is 10.7 Å². The second kappa shape index (κ2) is 3.93. The van der Waals surface area contributed by atoms with Crippen LogP contribution in [0.1, 0.15) is 12.8 Å². The summed E-state index contributed by atoms with van der Waals surface area (Å²) in [4.78, 5) is 1.96. The lowest BCUT2D eigenvalue weighted by atomic mass is 10.1. The van der Waals surface area contributed by atoms with E-state index in [4.69, 9.17) is 0 Å². The Labute approximate surface area is 63.0 Å². The first kappa shape index (κ1) is 8.01. The molecule has 1 aliphatic rings. The lowest BCUT2D eigenvalue weighted by Crippen LogP contribution is -2.31. The second-order valence-electron chi connectivity index (χ2n) is 2.46. The summed E-state index contributed by atoms with van der Waals surface area (Å²) in [6.07, 6.45) is 4.26. The normalized spacial score (nSPS) is 21.7. The van der Waals surface area contributed by atoms with Gasteiger partial charge in [0.05, 0.1) is 5.88 Å². The van der Waals surface area contributed by atoms with Crippen molar-refractivity contribution < 1.29 is 8.42 Å². The van der Waals surface area contributed by atoms with Crippen LogP contribution in [0.2, 0.25) is 0 Å². The van der Waals surface area contributed by atoms with Crippen LogP contribution in [0.15, 0.2) is 0 Å². The minimum atomic E-state index is -2.21. The zero-order valence-electron chi connectivity index (χ0n) is 5.82. The molecule has 0 aromatic carbocycles. The molecule has 0 bridgehead atoms. The Morgan fingerprint density at radius 1 is 1.30 bits per heavy atom. The molecule has 0 aliphatic carbocycles. The van der Waals surface area contributed by atoms with Crippen LogP contribution in [0, 0.1) is 6.42 Å². The van der Waals surface area contributed by atoms with Crippen molar-refractivity contribution in [1.29, 1.82) is 0 Å². The first-order valence-corrected chi connectivity index (χ1v) is 4.81. The van der Waals surface area contributed by atoms with Crippen molar-refractivity contribution in [3.8, 4) is 0 Å². The highest BCUT2D eigenvalue weighted by molar-refractivity contribution is 7.72. The third-order valence-electron chi connectivity index (χ3n) is 1.61. The third-order valence-corrected chi connectivity index (χ3v) is 2.25. The fourth-order valence-electron chi connectivity index (χ4n) is 1.11. The van der Waals surface area contributed by atoms with Gasteiger partial charge in [0.1, 0.15) is 0 Å². The number of hydrogen-bond donors (Lipinski definition) is 1. The van der Waals surface area contributed by atoms with Crippen molar-refractivity contribution in [2.75, 3.05) is 19.0 Å². The maximum Gasteiger partial charge on any atom is 0.153 e. The highest BCUT2D eigenvalue weighted by Crippen LogP contribution is 2.06. The van der Waals surface area contributed by atoms with Crippen molar-refractivity contribution in [3.63, 3.8) is 0 Å². The zero-order valence-corrected chi connectivity index (χ0v) is 6.72. The van der Waals surface area contributed by atoms with Crippen LogP contribution in [0.5, 0.6) is 0 Å². The number of thiol groups is 1. The first-order valence-electron chi connectivity index (χ1n) is 3.45. The van der Waals surface area contributed by atoms with Gasteiger partial charge in [0.2, 0.25) is 0 Å². The highest BCUT2D eigenvalue weighted by atomic mass is 32.2. The van der Waals surface area contributed by atoms with Crippen LogP contribution in [-0.4, -0.2) is 32.3 Å². The number of rotatable bonds is 2. The molecule has 1 aliphatic heterocycles. The van der Waals surface area contributed by atoms with Gasteiger partial charge in [-0.3, -0.25) is 4.90 Å². The van der Waals surface area contributed by atoms with Crippen molar-refractivity contribution >= 4 is 10.7 Å². The fourth-order valence-corrected chi connectivity index (χ4v) is 1.72. The molecule has 1 fully saturated rings. The molecule has 1 heterocycles. The van der Waals surface area contributed by atoms with E-state index in [0.717, 1.165) is 25.9 Å². The minimum Gasteiger partial charge on any atom is -0.290 e. The molecule has 59 valence electrons. The van der Waals surface area contributed by atoms with Crippen LogP contribution < -0.4 is 0 Å². The van der Waals surface area contributed by atoms with Gasteiger partial charge in [0, 0.05) is 0 Å². The Kier molecular flexibility index (Phi) is 3.15. The van der Waals surface area contributed by atoms with Gasteiger partial charge in [-0.15, -0.1) is 0 Å². The van der Waals surface area contributed by atoms with Gasteiger partial charge in [0.25, 0.3) is 0 Å². The second-order valence-corrected chi connectivity index (χ2v) is 3.41. The van der Waals surface area contributed by atoms with Gasteiger partial charge in [-0.05, 0) is 32.4 Å². The molecule has 1 saturated heterocycles. The molecule has 0 spiro atoms. The summed E-state index contributed by atoms with van der Waals surface area (Å²) in [6, 6.07) is 0. The molecule has 1 radical (unpaired) electrons. The summed E-state index contributed by atoms with van der Waals surface area (Å²) < 4.78 is 20.5. The number of hydrogen-bond acceptors (Lipinski definition) is 3. The molecule has 0 amide bonds. The average Bonchev–Trinajstić information content (AvgIpc) is 1.88.